The van der Waals surface area contributed by atoms with Crippen molar-refractivity contribution in [3.05, 3.63) is 0 Å². The van der Waals surface area contributed by atoms with Gasteiger partial charge >= 0.3 is 6.09 Å². The standard InChI is InChI=1S/C10H18INO4S/c1-10(2,3)16-9(13)12-4-5-14-8(6-12)7-15-17-11/h8H,4-7H2,1-3H3. The van der Waals surface area contributed by atoms with Gasteiger partial charge in [-0.25, -0.2) is 4.79 Å². The summed E-state index contributed by atoms with van der Waals surface area (Å²) < 4.78 is 16.0. The molecule has 5 nitrogen and oxygen atoms in total. The number of morpholine rings is 1. The Hall–Kier alpha value is 0.270. The van der Waals surface area contributed by atoms with E-state index in [1.165, 1.54) is 9.21 Å². The van der Waals surface area contributed by atoms with Gasteiger partial charge in [0.25, 0.3) is 0 Å². The summed E-state index contributed by atoms with van der Waals surface area (Å²) in [6.07, 6.45) is -0.355. The van der Waals surface area contributed by atoms with E-state index >= 15 is 0 Å². The normalized spacial score (nSPS) is 21.4. The Bertz CT molecular complexity index is 259. The molecule has 1 aliphatic heterocycles. The van der Waals surface area contributed by atoms with Gasteiger partial charge in [-0.1, -0.05) is 0 Å². The van der Waals surface area contributed by atoms with E-state index in [0.717, 1.165) is 0 Å². The monoisotopic (exact) mass is 375 g/mol. The first kappa shape index (κ1) is 15.3. The van der Waals surface area contributed by atoms with Gasteiger partial charge in [0.15, 0.2) is 0 Å². The topological polar surface area (TPSA) is 48.0 Å². The first-order valence-electron chi connectivity index (χ1n) is 5.42. The van der Waals surface area contributed by atoms with Crippen LogP contribution in [0.2, 0.25) is 0 Å². The SMILES string of the molecule is CC(C)(C)OC(=O)N1CCOC(COSI)C1. The fraction of sp³-hybridized carbons (Fsp3) is 0.900. The van der Waals surface area contributed by atoms with Crippen LogP contribution >= 0.6 is 30.4 Å². The fourth-order valence-corrected chi connectivity index (χ4v) is 2.06. The smallest absolute Gasteiger partial charge is 0.410 e. The van der Waals surface area contributed by atoms with Crippen LogP contribution in [0.5, 0.6) is 0 Å². The summed E-state index contributed by atoms with van der Waals surface area (Å²) in [6.45, 7) is 7.68. The zero-order valence-electron chi connectivity index (χ0n) is 10.3. The van der Waals surface area contributed by atoms with Gasteiger partial charge in [-0.3, -0.25) is 0 Å². The van der Waals surface area contributed by atoms with Crippen LogP contribution in [0.25, 0.3) is 0 Å². The molecule has 0 spiro atoms. The molecule has 0 radical (unpaired) electrons. The molecule has 1 rings (SSSR count). The summed E-state index contributed by atoms with van der Waals surface area (Å²) in [5, 5.41) is 0. The number of carbonyl (C=O) groups is 1. The van der Waals surface area contributed by atoms with Crippen molar-refractivity contribution < 1.29 is 18.5 Å². The molecular weight excluding hydrogens is 357 g/mol. The molecule has 1 amide bonds. The molecule has 0 N–H and O–H groups in total. The molecule has 1 heterocycles. The van der Waals surface area contributed by atoms with Gasteiger partial charge in [0.2, 0.25) is 0 Å². The maximum atomic E-state index is 11.8. The Balaban J connectivity index is 2.40. The van der Waals surface area contributed by atoms with Crippen molar-refractivity contribution in [3.63, 3.8) is 0 Å². The van der Waals surface area contributed by atoms with Crippen LogP contribution in [0.3, 0.4) is 0 Å². The van der Waals surface area contributed by atoms with Crippen molar-refractivity contribution in [1.29, 1.82) is 0 Å². The average molecular weight is 375 g/mol. The highest BCUT2D eigenvalue weighted by atomic mass is 127. The van der Waals surface area contributed by atoms with Crippen LogP contribution in [0.15, 0.2) is 0 Å². The number of hydrogen-bond donors (Lipinski definition) is 0. The van der Waals surface area contributed by atoms with Gasteiger partial charge in [-0.05, 0) is 20.8 Å². The molecule has 0 aromatic carbocycles. The second-order valence-corrected chi connectivity index (χ2v) is 6.21. The lowest BCUT2D eigenvalue weighted by atomic mass is 10.2. The largest absolute Gasteiger partial charge is 0.444 e. The summed E-state index contributed by atoms with van der Waals surface area (Å²) in [7, 11) is 1.27. The first-order valence-corrected chi connectivity index (χ1v) is 8.70. The highest BCUT2D eigenvalue weighted by molar-refractivity contribution is 14.2. The molecule has 1 unspecified atom stereocenters. The predicted molar refractivity (Wildman–Crippen MR) is 75.1 cm³/mol. The number of halogens is 1. The van der Waals surface area contributed by atoms with E-state index in [1.807, 2.05) is 20.8 Å². The number of amides is 1. The highest BCUT2D eigenvalue weighted by Crippen LogP contribution is 2.16. The minimum atomic E-state index is -0.459. The Labute approximate surface area is 118 Å². The molecule has 17 heavy (non-hydrogen) atoms. The fourth-order valence-electron chi connectivity index (χ4n) is 1.41. The van der Waals surface area contributed by atoms with E-state index in [-0.39, 0.29) is 12.2 Å². The minimum Gasteiger partial charge on any atom is -0.444 e. The van der Waals surface area contributed by atoms with Crippen LogP contribution in [-0.4, -0.2) is 49.0 Å². The quantitative estimate of drug-likeness (QED) is 0.561. The Morgan fingerprint density at radius 1 is 1.59 bits per heavy atom. The Morgan fingerprint density at radius 2 is 2.29 bits per heavy atom. The van der Waals surface area contributed by atoms with Crippen molar-refractivity contribution in [2.75, 3.05) is 26.3 Å². The third-order valence-corrected chi connectivity index (χ3v) is 3.08. The number of nitrogens with zero attached hydrogens (tertiary/aromatic N) is 1. The summed E-state index contributed by atoms with van der Waals surface area (Å²) >= 11 is 2.05. The number of hydrogen-bond acceptors (Lipinski definition) is 5. The van der Waals surface area contributed by atoms with Crippen molar-refractivity contribution in [2.45, 2.75) is 32.5 Å². The molecule has 1 aliphatic rings. The van der Waals surface area contributed by atoms with E-state index < -0.39 is 5.60 Å². The number of rotatable bonds is 3. The molecule has 1 saturated heterocycles. The van der Waals surface area contributed by atoms with E-state index in [4.69, 9.17) is 13.7 Å². The zero-order valence-corrected chi connectivity index (χ0v) is 13.2. The third-order valence-electron chi connectivity index (χ3n) is 2.09. The lowest BCUT2D eigenvalue weighted by Gasteiger charge is -2.33. The van der Waals surface area contributed by atoms with Gasteiger partial charge in [-0.2, -0.15) is 0 Å². The van der Waals surface area contributed by atoms with Crippen molar-refractivity contribution in [3.8, 4) is 0 Å². The number of carbonyl (C=O) groups excluding carboxylic acids is 1. The van der Waals surface area contributed by atoms with Crippen molar-refractivity contribution in [1.82, 2.24) is 4.90 Å². The van der Waals surface area contributed by atoms with Gasteiger partial charge in [-0.15, -0.1) is 0 Å². The molecule has 0 saturated carbocycles. The lowest BCUT2D eigenvalue weighted by molar-refractivity contribution is -0.0534. The molecule has 1 atom stereocenters. The summed E-state index contributed by atoms with van der Waals surface area (Å²) in [5.74, 6) is 0. The van der Waals surface area contributed by atoms with E-state index in [1.54, 1.807) is 4.90 Å². The molecule has 7 heteroatoms. The second-order valence-electron chi connectivity index (χ2n) is 4.77. The van der Waals surface area contributed by atoms with Crippen LogP contribution in [0.4, 0.5) is 4.79 Å². The maximum Gasteiger partial charge on any atom is 0.410 e. The number of ether oxygens (including phenoxy) is 2. The van der Waals surface area contributed by atoms with Gasteiger partial charge in [0.05, 0.1) is 35.1 Å². The molecule has 0 aromatic rings. The summed E-state index contributed by atoms with van der Waals surface area (Å²) in [4.78, 5) is 13.5. The predicted octanol–water partition coefficient (Wildman–Crippen LogP) is 2.64. The van der Waals surface area contributed by atoms with Crippen molar-refractivity contribution in [2.24, 2.45) is 0 Å². The molecule has 0 aliphatic carbocycles. The van der Waals surface area contributed by atoms with Gasteiger partial charge < -0.3 is 18.6 Å². The van der Waals surface area contributed by atoms with Crippen LogP contribution in [0.1, 0.15) is 20.8 Å². The molecule has 0 aromatic heterocycles. The molecule has 100 valence electrons. The molecule has 1 fully saturated rings. The van der Waals surface area contributed by atoms with Crippen LogP contribution in [0, 0.1) is 0 Å². The highest BCUT2D eigenvalue weighted by Gasteiger charge is 2.28. The molecular formula is C10H18INO4S. The molecule has 0 bridgehead atoms. The third kappa shape index (κ3) is 6.12. The van der Waals surface area contributed by atoms with Crippen LogP contribution < -0.4 is 0 Å². The lowest BCUT2D eigenvalue weighted by Crippen LogP contribution is -2.48. The van der Waals surface area contributed by atoms with Gasteiger partial charge in [0, 0.05) is 27.8 Å². The van der Waals surface area contributed by atoms with Crippen molar-refractivity contribution >= 4 is 36.5 Å². The summed E-state index contributed by atoms with van der Waals surface area (Å²) in [5.41, 5.74) is -0.459. The Morgan fingerprint density at radius 3 is 2.88 bits per heavy atom. The minimum absolute atomic E-state index is 0.0708. The maximum absolute atomic E-state index is 11.8. The van der Waals surface area contributed by atoms with E-state index in [2.05, 4.69) is 21.2 Å². The Kier molecular flexibility index (Phi) is 6.32. The first-order chi connectivity index (χ1) is 7.92. The van der Waals surface area contributed by atoms with E-state index in [0.29, 0.717) is 26.3 Å². The van der Waals surface area contributed by atoms with Gasteiger partial charge in [0.1, 0.15) is 5.60 Å². The van der Waals surface area contributed by atoms with E-state index in [9.17, 15) is 4.79 Å². The van der Waals surface area contributed by atoms with Crippen LogP contribution in [-0.2, 0) is 13.7 Å². The summed E-state index contributed by atoms with van der Waals surface area (Å²) in [6, 6.07) is 0. The zero-order chi connectivity index (χ0) is 12.9. The second kappa shape index (κ2) is 7.01. The average Bonchev–Trinajstić information content (AvgIpc) is 2.24.